The molecule has 6 aromatic carbocycles. The van der Waals surface area contributed by atoms with Crippen molar-refractivity contribution in [2.75, 3.05) is 32.7 Å². The normalized spacial score (nSPS) is 21.2. The minimum absolute atomic E-state index is 0.0156. The van der Waals surface area contributed by atoms with Gasteiger partial charge in [0, 0.05) is 24.6 Å². The Balaban J connectivity index is 0.946. The van der Waals surface area contributed by atoms with Crippen LogP contribution >= 0.6 is 8.53 Å². The number of fused-ring (bicyclic) bond motifs is 2. The lowest BCUT2D eigenvalue weighted by Gasteiger charge is -2.37. The van der Waals surface area contributed by atoms with Gasteiger partial charge >= 0.3 is 0 Å². The van der Waals surface area contributed by atoms with Crippen LogP contribution in [0.1, 0.15) is 52.5 Å². The topological polar surface area (TPSA) is 131 Å². The van der Waals surface area contributed by atoms with Gasteiger partial charge in [0.25, 0.3) is 14.4 Å². The maximum Gasteiger partial charge on any atom is 0.259 e. The summed E-state index contributed by atoms with van der Waals surface area (Å²) in [7, 11) is -0.427. The Bertz CT molecular complexity index is 3000. The fourth-order valence-corrected chi connectivity index (χ4v) is 16.7. The fraction of sp³-hybridized carbons (Fsp3) is 0.263. The smallest absolute Gasteiger partial charge is 0.259 e. The fourth-order valence-electron chi connectivity index (χ4n) is 10.7. The number of carbonyl (C=O) groups is 1. The highest BCUT2D eigenvalue weighted by molar-refractivity contribution is 7.45. The van der Waals surface area contributed by atoms with Gasteiger partial charge in [0.2, 0.25) is 0 Å². The number of nitrogens with zero attached hydrogens (tertiary/aromatic N) is 5. The maximum absolute atomic E-state index is 13.3. The molecule has 15 heteroatoms. The number of imidazole rings is 1. The highest BCUT2D eigenvalue weighted by Gasteiger charge is 2.52. The third-order valence-corrected chi connectivity index (χ3v) is 20.8. The van der Waals surface area contributed by atoms with Crippen LogP contribution in [0.5, 0.6) is 11.5 Å². The number of anilines is 1. The van der Waals surface area contributed by atoms with E-state index in [1.54, 1.807) is 32.7 Å². The van der Waals surface area contributed by atoms with Gasteiger partial charge < -0.3 is 33.3 Å². The largest absolute Gasteiger partial charge is 0.497 e. The molecule has 0 unspecified atom stereocenters. The molecule has 0 aliphatic carbocycles. The Kier molecular flexibility index (Phi) is 13.8. The molecule has 3 fully saturated rings. The van der Waals surface area contributed by atoms with Crippen molar-refractivity contribution >= 4 is 49.9 Å². The lowest BCUT2D eigenvalue weighted by Crippen LogP contribution is -2.58. The van der Waals surface area contributed by atoms with E-state index in [-0.39, 0.29) is 24.7 Å². The maximum atomic E-state index is 13.3. The van der Waals surface area contributed by atoms with Crippen molar-refractivity contribution in [3.8, 4) is 11.5 Å². The average Bonchev–Trinajstić information content (AvgIpc) is 4.26. The summed E-state index contributed by atoms with van der Waals surface area (Å²) in [4.78, 5) is 27.2. The molecule has 0 bridgehead atoms. The Morgan fingerprint density at radius 3 is 1.93 bits per heavy atom. The van der Waals surface area contributed by atoms with Gasteiger partial charge in [0.05, 0.1) is 39.4 Å². The van der Waals surface area contributed by atoms with E-state index in [9.17, 15) is 4.79 Å². The molecule has 1 amide bonds. The zero-order valence-electron chi connectivity index (χ0n) is 40.5. The van der Waals surface area contributed by atoms with Crippen molar-refractivity contribution in [3.63, 3.8) is 0 Å². The van der Waals surface area contributed by atoms with Gasteiger partial charge in [-0.05, 0) is 72.0 Å². The molecule has 1 N–H and O–H groups in total. The van der Waals surface area contributed by atoms with Crippen LogP contribution in [0.4, 0.5) is 5.82 Å². The standard InChI is InChI=1S/C57H57N6O7PSi/c1-65-44-30-26-42(27-31-44)57(41-19-10-5-11-20-41,43-28-32-45(66-2)33-29-43)67-36-50-49(35-52(68-50)62-39-60-53-54(58-38-59-55(53)62)61-56(64)40-17-8-4-9-18-40)69-71-63-34-16-25-48(63)51(70-71)37-72(3,46-21-12-6-13-22-46)47-23-14-7-15-24-47/h4-15,17-24,26-33,38-39,48-52H,16,25,34-37H2,1-3H3,(H,58,59,61,64)/t48-,49-,50+,51+,52+,71-/m0/s1. The SMILES string of the molecule is COc1ccc(C(OC[C@H]2O[C@@H](n3cnc4c(NC(=O)c5ccccc5)ncnc43)C[C@@H]2O[P@@]2O[C@H](C[Si](C)(c3ccccc3)c3ccccc3)[C@@H]3CCCN32)(c2ccccc2)c2ccc(OC)cc2)cc1. The average molecular weight is 997 g/mol. The minimum atomic E-state index is -2.27. The monoisotopic (exact) mass is 996 g/mol. The minimum Gasteiger partial charge on any atom is -0.497 e. The molecule has 5 heterocycles. The van der Waals surface area contributed by atoms with Crippen LogP contribution in [0.25, 0.3) is 11.2 Å². The summed E-state index contributed by atoms with van der Waals surface area (Å²) in [5.41, 5.74) is 3.12. The van der Waals surface area contributed by atoms with E-state index in [0.29, 0.717) is 29.0 Å². The van der Waals surface area contributed by atoms with Crippen LogP contribution in [0.2, 0.25) is 12.6 Å². The number of carbonyl (C=O) groups excluding carboxylic acids is 1. The van der Waals surface area contributed by atoms with Gasteiger partial charge in [-0.25, -0.2) is 19.6 Å². The van der Waals surface area contributed by atoms with Crippen molar-refractivity contribution in [2.45, 2.75) is 68.0 Å². The van der Waals surface area contributed by atoms with Crippen molar-refractivity contribution in [1.29, 1.82) is 0 Å². The number of aromatic nitrogens is 4. The molecule has 3 aliphatic rings. The first-order valence-electron chi connectivity index (χ1n) is 24.5. The number of benzene rings is 6. The summed E-state index contributed by atoms with van der Waals surface area (Å²) in [6, 6.07) is 58.5. The van der Waals surface area contributed by atoms with Gasteiger partial charge in [0.1, 0.15) is 43.8 Å². The van der Waals surface area contributed by atoms with Crippen LogP contribution in [0.3, 0.4) is 0 Å². The first-order chi connectivity index (χ1) is 35.3. The Morgan fingerprint density at radius 2 is 1.32 bits per heavy atom. The zero-order chi connectivity index (χ0) is 49.1. The van der Waals surface area contributed by atoms with Crippen molar-refractivity contribution in [1.82, 2.24) is 24.2 Å². The molecule has 0 saturated carbocycles. The number of methoxy groups -OCH3 is 2. The van der Waals surface area contributed by atoms with Crippen molar-refractivity contribution in [2.24, 2.45) is 0 Å². The van der Waals surface area contributed by atoms with E-state index in [4.69, 9.17) is 38.0 Å². The molecular weight excluding hydrogens is 940 g/mol. The molecule has 0 spiro atoms. The molecule has 72 heavy (non-hydrogen) atoms. The predicted octanol–water partition coefficient (Wildman–Crippen LogP) is 9.76. The van der Waals surface area contributed by atoms with Crippen LogP contribution in [0, 0.1) is 0 Å². The Hall–Kier alpha value is -6.61. The number of amides is 1. The van der Waals surface area contributed by atoms with Crippen LogP contribution < -0.4 is 25.2 Å². The Labute approximate surface area is 422 Å². The van der Waals surface area contributed by atoms with Crippen molar-refractivity contribution in [3.05, 3.63) is 205 Å². The lowest BCUT2D eigenvalue weighted by molar-refractivity contribution is -0.0906. The number of hydrogen-bond acceptors (Lipinski definition) is 11. The first kappa shape index (κ1) is 47.7. The van der Waals surface area contributed by atoms with E-state index in [1.165, 1.54) is 16.7 Å². The first-order valence-corrected chi connectivity index (χ1v) is 28.4. The molecule has 366 valence electrons. The second-order valence-electron chi connectivity index (χ2n) is 18.7. The van der Waals surface area contributed by atoms with E-state index in [2.05, 4.69) is 119 Å². The van der Waals surface area contributed by atoms with Gasteiger partial charge in [-0.1, -0.05) is 150 Å². The second kappa shape index (κ2) is 20.9. The van der Waals surface area contributed by atoms with Gasteiger partial charge in [-0.2, -0.15) is 0 Å². The number of rotatable bonds is 17. The molecule has 6 atom stereocenters. The van der Waals surface area contributed by atoms with E-state index in [0.717, 1.165) is 53.6 Å². The quantitative estimate of drug-likeness (QED) is 0.0532. The van der Waals surface area contributed by atoms with Crippen LogP contribution in [0.15, 0.2) is 183 Å². The molecular formula is C57H57N6O7PSi. The van der Waals surface area contributed by atoms with Crippen molar-refractivity contribution < 1.29 is 32.8 Å². The molecule has 3 saturated heterocycles. The summed E-state index contributed by atoms with van der Waals surface area (Å²) in [6.07, 6.45) is 4.08. The number of nitrogens with one attached hydrogen (secondary N) is 1. The summed E-state index contributed by atoms with van der Waals surface area (Å²) in [5, 5.41) is 5.73. The molecule has 8 aromatic rings. The van der Waals surface area contributed by atoms with Crippen LogP contribution in [-0.4, -0.2) is 89.9 Å². The van der Waals surface area contributed by atoms with E-state index < -0.39 is 40.6 Å². The number of hydrogen-bond donors (Lipinski definition) is 1. The molecule has 11 rings (SSSR count). The van der Waals surface area contributed by atoms with E-state index >= 15 is 0 Å². The molecule has 2 aromatic heterocycles. The molecule has 13 nitrogen and oxygen atoms in total. The molecule has 0 radical (unpaired) electrons. The Morgan fingerprint density at radius 1 is 0.736 bits per heavy atom. The highest BCUT2D eigenvalue weighted by Crippen LogP contribution is 2.59. The molecule has 3 aliphatic heterocycles. The van der Waals surface area contributed by atoms with Gasteiger partial charge in [0.15, 0.2) is 17.0 Å². The zero-order valence-corrected chi connectivity index (χ0v) is 42.4. The third-order valence-electron chi connectivity index (χ3n) is 14.5. The summed E-state index contributed by atoms with van der Waals surface area (Å²) < 4.78 is 45.0. The predicted molar refractivity (Wildman–Crippen MR) is 281 cm³/mol. The number of ether oxygens (including phenoxy) is 4. The van der Waals surface area contributed by atoms with Gasteiger partial charge in [-0.3, -0.25) is 9.36 Å². The summed E-state index contributed by atoms with van der Waals surface area (Å²) in [5.74, 6) is 1.48. The van der Waals surface area contributed by atoms with Crippen LogP contribution in [-0.2, 0) is 24.1 Å². The lowest BCUT2D eigenvalue weighted by atomic mass is 9.80. The second-order valence-corrected chi connectivity index (χ2v) is 24.4. The highest BCUT2D eigenvalue weighted by atomic mass is 31.2. The summed E-state index contributed by atoms with van der Waals surface area (Å²) in [6.45, 7) is 3.51. The summed E-state index contributed by atoms with van der Waals surface area (Å²) >= 11 is 0. The third kappa shape index (κ3) is 9.24. The van der Waals surface area contributed by atoms with E-state index in [1.807, 2.05) is 65.2 Å². The van der Waals surface area contributed by atoms with Gasteiger partial charge in [-0.15, -0.1) is 0 Å².